The molecule has 0 spiro atoms. The van der Waals surface area contributed by atoms with Gasteiger partial charge >= 0.3 is 5.97 Å². The summed E-state index contributed by atoms with van der Waals surface area (Å²) in [5.41, 5.74) is 5.03. The van der Waals surface area contributed by atoms with Crippen molar-refractivity contribution in [1.82, 2.24) is 0 Å². The first kappa shape index (κ1) is 45.2. The molecule has 6 saturated carbocycles. The molecule has 8 heteroatoms. The summed E-state index contributed by atoms with van der Waals surface area (Å²) in [5, 5.41) is 36.1. The quantitative estimate of drug-likeness (QED) is 0.121. The van der Waals surface area contributed by atoms with E-state index in [1.54, 1.807) is 0 Å². The van der Waals surface area contributed by atoms with Crippen molar-refractivity contribution in [1.29, 1.82) is 0 Å². The fourth-order valence-corrected chi connectivity index (χ4v) is 16.7. The Balaban J connectivity index is 0.836. The maximum absolute atomic E-state index is 12.5. The van der Waals surface area contributed by atoms with Crippen molar-refractivity contribution in [3.05, 3.63) is 52.1 Å². The summed E-state index contributed by atoms with van der Waals surface area (Å²) in [6.07, 6.45) is 14.9. The molecule has 9 rings (SSSR count). The second-order valence-electron chi connectivity index (χ2n) is 22.6. The van der Waals surface area contributed by atoms with Gasteiger partial charge < -0.3 is 29.5 Å². The molecular weight excluding hydrogens is 789 g/mol. The Morgan fingerprint density at radius 1 is 0.952 bits per heavy atom. The molecule has 8 aliphatic rings. The summed E-state index contributed by atoms with van der Waals surface area (Å²) in [7, 11) is 1.45. The van der Waals surface area contributed by atoms with E-state index in [1.807, 2.05) is 13.0 Å². The maximum Gasteiger partial charge on any atom is 0.305 e. The highest BCUT2D eigenvalue weighted by molar-refractivity contribution is 5.93. The highest BCUT2D eigenvalue weighted by Gasteiger charge is 2.66. The molecule has 1 aromatic carbocycles. The lowest BCUT2D eigenvalue weighted by Crippen LogP contribution is -2.62. The van der Waals surface area contributed by atoms with Gasteiger partial charge in [-0.05, 0) is 196 Å². The molecule has 0 amide bonds. The first-order valence-corrected chi connectivity index (χ1v) is 25.0. The number of allylic oxidation sites excluding steroid dienone is 4. The molecule has 0 heterocycles. The van der Waals surface area contributed by atoms with Gasteiger partial charge in [-0.2, -0.15) is 0 Å². The van der Waals surface area contributed by atoms with Gasteiger partial charge in [0.1, 0.15) is 18.0 Å². The number of ether oxygens (including phenoxy) is 3. The lowest BCUT2D eigenvalue weighted by atomic mass is 9.43. The third-order valence-electron chi connectivity index (χ3n) is 20.0. The summed E-state index contributed by atoms with van der Waals surface area (Å²) >= 11 is 0. The number of carbonyl (C=O) groups excluding carboxylic acids is 2. The van der Waals surface area contributed by atoms with E-state index in [0.717, 1.165) is 94.8 Å². The fraction of sp³-hybridized carbons (Fsp3) is 0.745. The summed E-state index contributed by atoms with van der Waals surface area (Å²) in [4.78, 5) is 24.5. The van der Waals surface area contributed by atoms with Crippen molar-refractivity contribution in [3.63, 3.8) is 0 Å². The third-order valence-corrected chi connectivity index (χ3v) is 20.0. The van der Waals surface area contributed by atoms with E-state index in [-0.39, 0.29) is 63.9 Å². The first-order chi connectivity index (χ1) is 30.1. The van der Waals surface area contributed by atoms with Crippen LogP contribution >= 0.6 is 0 Å². The highest BCUT2D eigenvalue weighted by Crippen LogP contribution is 2.69. The molecule has 0 bridgehead atoms. The van der Waals surface area contributed by atoms with E-state index < -0.39 is 11.7 Å². The van der Waals surface area contributed by atoms with E-state index >= 15 is 0 Å². The molecule has 1 aromatic rings. The van der Waals surface area contributed by atoms with Gasteiger partial charge in [0.2, 0.25) is 0 Å². The summed E-state index contributed by atoms with van der Waals surface area (Å²) in [5.74, 6) is 9.99. The van der Waals surface area contributed by atoms with Crippen molar-refractivity contribution >= 4 is 11.8 Å². The van der Waals surface area contributed by atoms with E-state index in [1.165, 1.54) is 29.4 Å². The monoisotopic (exact) mass is 865 g/mol. The minimum Gasteiger partial charge on any atom is -0.491 e. The van der Waals surface area contributed by atoms with Crippen LogP contribution in [0.15, 0.2) is 41.0 Å². The van der Waals surface area contributed by atoms with Gasteiger partial charge in [-0.25, -0.2) is 0 Å². The molecule has 0 aromatic heterocycles. The molecule has 344 valence electrons. The van der Waals surface area contributed by atoms with Crippen molar-refractivity contribution in [2.75, 3.05) is 20.3 Å². The highest BCUT2D eigenvalue weighted by atomic mass is 16.5. The third kappa shape index (κ3) is 7.41. The number of benzene rings is 1. The predicted molar refractivity (Wildman–Crippen MR) is 243 cm³/mol. The molecule has 1 unspecified atom stereocenters. The molecule has 8 aliphatic carbocycles. The number of esters is 1. The van der Waals surface area contributed by atoms with Crippen LogP contribution in [0, 0.1) is 82.4 Å². The number of fused-ring (bicyclic) bond motifs is 9. The van der Waals surface area contributed by atoms with Crippen molar-refractivity contribution < 1.29 is 39.1 Å². The number of carbonyl (C=O) groups is 2. The number of aliphatic hydroxyl groups is 3. The molecule has 0 saturated heterocycles. The van der Waals surface area contributed by atoms with Crippen LogP contribution in [0.1, 0.15) is 154 Å². The Morgan fingerprint density at radius 2 is 1.76 bits per heavy atom. The molecule has 0 radical (unpaired) electrons. The van der Waals surface area contributed by atoms with Gasteiger partial charge in [0.15, 0.2) is 5.78 Å². The zero-order valence-corrected chi connectivity index (χ0v) is 39.3. The lowest BCUT2D eigenvalue weighted by molar-refractivity contribution is -0.209. The number of rotatable bonds is 10. The number of ketones is 1. The first-order valence-electron chi connectivity index (χ1n) is 25.0. The Bertz CT molecular complexity index is 2080. The second-order valence-corrected chi connectivity index (χ2v) is 22.6. The lowest BCUT2D eigenvalue weighted by Gasteiger charge is -2.63. The van der Waals surface area contributed by atoms with E-state index in [2.05, 4.69) is 64.7 Å². The van der Waals surface area contributed by atoms with Crippen LogP contribution in [-0.2, 0) is 19.1 Å². The largest absolute Gasteiger partial charge is 0.491 e. The number of methoxy groups -OCH3 is 1. The zero-order chi connectivity index (χ0) is 44.6. The summed E-state index contributed by atoms with van der Waals surface area (Å²) < 4.78 is 17.9. The van der Waals surface area contributed by atoms with E-state index in [4.69, 9.17) is 14.2 Å². The average Bonchev–Trinajstić information content (AvgIpc) is 3.75. The van der Waals surface area contributed by atoms with Crippen LogP contribution in [0.25, 0.3) is 0 Å². The van der Waals surface area contributed by atoms with Crippen molar-refractivity contribution in [2.24, 2.45) is 63.6 Å². The standard InChI is InChI=1S/C55H76O8/c1-8-21-55(60)23-20-43-40-13-10-35-27-37(56)12-14-39(35)50(40)41(31-53(43,55)5)34-11-17-47(33(3)26-34)63-25-24-62-38-19-22-52(4)36(28-38)29-46(57)51-44-16-15-42(32(2)9-18-49(59)61-7)54(44,6)48(58)30-45(51)52/h11,17,26-27,32,36,38,40-46,48,51,57-58,60H,9-10,12-16,18-20,22-25,28-31H2,1-7H3/t32-,36?,38+,40+,41-,42-,43+,44+,45+,46-,48+,51+,52+,53+,54-,55-/m1/s1. The summed E-state index contributed by atoms with van der Waals surface area (Å²) in [6, 6.07) is 6.66. The molecule has 0 aliphatic heterocycles. The van der Waals surface area contributed by atoms with E-state index in [9.17, 15) is 24.9 Å². The Hall–Kier alpha value is -2.96. The van der Waals surface area contributed by atoms with Gasteiger partial charge in [0.25, 0.3) is 0 Å². The Morgan fingerprint density at radius 3 is 2.52 bits per heavy atom. The minimum atomic E-state index is -0.998. The predicted octanol–water partition coefficient (Wildman–Crippen LogP) is 9.60. The number of hydrogen-bond acceptors (Lipinski definition) is 8. The Labute approximate surface area is 377 Å². The van der Waals surface area contributed by atoms with Gasteiger partial charge in [0.05, 0.1) is 32.0 Å². The molecule has 8 nitrogen and oxygen atoms in total. The van der Waals surface area contributed by atoms with Gasteiger partial charge in [0, 0.05) is 24.2 Å². The normalized spacial score (nSPS) is 43.2. The van der Waals surface area contributed by atoms with Gasteiger partial charge in [-0.15, -0.1) is 5.92 Å². The van der Waals surface area contributed by atoms with Crippen LogP contribution in [0.5, 0.6) is 5.75 Å². The number of aryl methyl sites for hydroxylation is 1. The van der Waals surface area contributed by atoms with Crippen molar-refractivity contribution in [2.45, 2.75) is 174 Å². The Kier molecular flexibility index (Phi) is 12.2. The van der Waals surface area contributed by atoms with Gasteiger partial charge in [-0.3, -0.25) is 9.59 Å². The smallest absolute Gasteiger partial charge is 0.305 e. The molecular formula is C55H76O8. The maximum atomic E-state index is 12.5. The average molecular weight is 865 g/mol. The molecule has 6 fully saturated rings. The van der Waals surface area contributed by atoms with Crippen LogP contribution in [0.3, 0.4) is 0 Å². The van der Waals surface area contributed by atoms with Crippen LogP contribution in [0.4, 0.5) is 0 Å². The van der Waals surface area contributed by atoms with Crippen molar-refractivity contribution in [3.8, 4) is 17.6 Å². The van der Waals surface area contributed by atoms with Crippen LogP contribution in [-0.4, -0.2) is 71.3 Å². The van der Waals surface area contributed by atoms with Crippen LogP contribution in [0.2, 0.25) is 0 Å². The molecule has 63 heavy (non-hydrogen) atoms. The molecule has 3 N–H and O–H groups in total. The fourth-order valence-electron chi connectivity index (χ4n) is 16.7. The summed E-state index contributed by atoms with van der Waals surface area (Å²) in [6.45, 7) is 14.2. The number of hydrogen-bond donors (Lipinski definition) is 3. The number of aliphatic hydroxyl groups excluding tert-OH is 2. The van der Waals surface area contributed by atoms with E-state index in [0.29, 0.717) is 62.1 Å². The topological polar surface area (TPSA) is 123 Å². The molecule has 16 atom stereocenters. The zero-order valence-electron chi connectivity index (χ0n) is 39.3. The second kappa shape index (κ2) is 17.0. The SMILES string of the molecule is CC#C[C@@]1(O)CC[C@H]2[C@@H]3CCC4=CC(=O)CCC4=C3[C@@H](c3ccc(OCCO[C@H]4CC[C@@]5(C)C(C4)C[C@@H](O)[C@H]4[C@@H]6CC[C@H]([C@H](C)CCC(=O)OC)[C@@]6(C)[C@@H](O)C[C@@H]45)c(C)c3)C[C@@]21C. The van der Waals surface area contributed by atoms with Crippen LogP contribution < -0.4 is 4.74 Å². The minimum absolute atomic E-state index is 0.0627. The van der Waals surface area contributed by atoms with Gasteiger partial charge in [-0.1, -0.05) is 51.3 Å².